The summed E-state index contributed by atoms with van der Waals surface area (Å²) in [5.41, 5.74) is 2.98. The first-order chi connectivity index (χ1) is 12.8. The molecule has 3 heteroatoms. The van der Waals surface area contributed by atoms with Gasteiger partial charge in [0.25, 0.3) is 0 Å². The molecule has 0 heterocycles. The Morgan fingerprint density at radius 2 is 1.27 bits per heavy atom. The van der Waals surface area contributed by atoms with E-state index in [0.717, 1.165) is 18.4 Å². The summed E-state index contributed by atoms with van der Waals surface area (Å²) >= 11 is 0. The highest BCUT2D eigenvalue weighted by molar-refractivity contribution is 6.51. The molecule has 0 N–H and O–H groups in total. The van der Waals surface area contributed by atoms with Crippen molar-refractivity contribution in [3.05, 3.63) is 108 Å². The second-order valence-electron chi connectivity index (χ2n) is 5.83. The second-order valence-corrected chi connectivity index (χ2v) is 5.83. The van der Waals surface area contributed by atoms with Gasteiger partial charge in [0.05, 0.1) is 0 Å². The molecule has 3 aromatic rings. The lowest BCUT2D eigenvalue weighted by molar-refractivity contribution is 0.106. The van der Waals surface area contributed by atoms with Crippen LogP contribution < -0.4 is 0 Å². The number of rotatable bonds is 7. The molecule has 0 aromatic heterocycles. The van der Waals surface area contributed by atoms with Gasteiger partial charge in [0.2, 0.25) is 5.78 Å². The fraction of sp³-hybridized carbons (Fsp3) is 0.0870. The zero-order valence-corrected chi connectivity index (χ0v) is 14.5. The van der Waals surface area contributed by atoms with Gasteiger partial charge in [-0.15, -0.1) is 5.10 Å². The van der Waals surface area contributed by atoms with E-state index in [0.29, 0.717) is 11.3 Å². The highest BCUT2D eigenvalue weighted by Crippen LogP contribution is 2.09. The molecule has 3 nitrogen and oxygen atoms in total. The Balaban J connectivity index is 1.76. The minimum atomic E-state index is -0.128. The Hall–Kier alpha value is -3.33. The van der Waals surface area contributed by atoms with Crippen molar-refractivity contribution in [1.82, 2.24) is 0 Å². The summed E-state index contributed by atoms with van der Waals surface area (Å²) in [7, 11) is 0. The summed E-state index contributed by atoms with van der Waals surface area (Å²) in [5, 5.41) is 8.39. The first kappa shape index (κ1) is 17.5. The summed E-state index contributed by atoms with van der Waals surface area (Å²) in [6, 6.07) is 28.8. The molecule has 0 bridgehead atoms. The Bertz CT molecular complexity index is 885. The molecule has 0 radical (unpaired) electrons. The van der Waals surface area contributed by atoms with Crippen molar-refractivity contribution in [2.45, 2.75) is 12.8 Å². The lowest BCUT2D eigenvalue weighted by atomic mass is 10.0. The zero-order valence-electron chi connectivity index (χ0n) is 14.5. The van der Waals surface area contributed by atoms with Crippen LogP contribution in [0.4, 0.5) is 0 Å². The van der Waals surface area contributed by atoms with Crippen LogP contribution in [0.5, 0.6) is 0 Å². The van der Waals surface area contributed by atoms with Crippen LogP contribution in [0.2, 0.25) is 0 Å². The normalized spacial score (nSPS) is 11.6. The van der Waals surface area contributed by atoms with Crippen LogP contribution in [-0.4, -0.2) is 17.7 Å². The van der Waals surface area contributed by atoms with Crippen molar-refractivity contribution < 1.29 is 4.79 Å². The average molecular weight is 340 g/mol. The van der Waals surface area contributed by atoms with E-state index in [9.17, 15) is 4.79 Å². The molecular formula is C23H20N2O. The van der Waals surface area contributed by atoms with Gasteiger partial charge in [-0.1, -0.05) is 91.0 Å². The van der Waals surface area contributed by atoms with Crippen LogP contribution in [0.1, 0.15) is 27.9 Å². The molecule has 0 saturated carbocycles. The van der Waals surface area contributed by atoms with Crippen molar-refractivity contribution >= 4 is 17.7 Å². The van der Waals surface area contributed by atoms with Gasteiger partial charge >= 0.3 is 0 Å². The topological polar surface area (TPSA) is 41.8 Å². The van der Waals surface area contributed by atoms with E-state index in [1.54, 1.807) is 18.3 Å². The van der Waals surface area contributed by atoms with Crippen LogP contribution >= 0.6 is 0 Å². The van der Waals surface area contributed by atoms with E-state index in [1.165, 1.54) is 5.56 Å². The van der Waals surface area contributed by atoms with Gasteiger partial charge in [0.15, 0.2) is 0 Å². The van der Waals surface area contributed by atoms with Gasteiger partial charge in [-0.2, -0.15) is 5.10 Å². The van der Waals surface area contributed by atoms with E-state index < -0.39 is 0 Å². The molecule has 0 aliphatic heterocycles. The van der Waals surface area contributed by atoms with Gasteiger partial charge < -0.3 is 0 Å². The summed E-state index contributed by atoms with van der Waals surface area (Å²) in [6.45, 7) is 0. The van der Waals surface area contributed by atoms with Gasteiger partial charge in [0, 0.05) is 17.3 Å². The first-order valence-electron chi connectivity index (χ1n) is 8.63. The van der Waals surface area contributed by atoms with Crippen molar-refractivity contribution in [2.24, 2.45) is 10.2 Å². The first-order valence-corrected chi connectivity index (χ1v) is 8.63. The van der Waals surface area contributed by atoms with Gasteiger partial charge in [-0.05, 0) is 18.4 Å². The smallest absolute Gasteiger partial charge is 0.213 e. The maximum Gasteiger partial charge on any atom is 0.213 e. The van der Waals surface area contributed by atoms with Crippen molar-refractivity contribution in [3.8, 4) is 0 Å². The molecule has 0 unspecified atom stereocenters. The Morgan fingerprint density at radius 1 is 0.731 bits per heavy atom. The number of nitrogens with zero attached hydrogens (tertiary/aromatic N) is 2. The minimum Gasteiger partial charge on any atom is -0.287 e. The monoisotopic (exact) mass is 340 g/mol. The largest absolute Gasteiger partial charge is 0.287 e. The second kappa shape index (κ2) is 9.23. The van der Waals surface area contributed by atoms with Crippen LogP contribution in [0, 0.1) is 0 Å². The number of aryl methyl sites for hydroxylation is 1. The number of hydrogen-bond acceptors (Lipinski definition) is 3. The lowest BCUT2D eigenvalue weighted by Crippen LogP contribution is -2.15. The average Bonchev–Trinajstić information content (AvgIpc) is 2.72. The molecule has 0 amide bonds. The predicted molar refractivity (Wildman–Crippen MR) is 107 cm³/mol. The van der Waals surface area contributed by atoms with Crippen LogP contribution in [0.25, 0.3) is 0 Å². The molecule has 128 valence electrons. The van der Waals surface area contributed by atoms with Crippen molar-refractivity contribution in [2.75, 3.05) is 0 Å². The molecule has 0 saturated heterocycles. The quantitative estimate of drug-likeness (QED) is 0.340. The number of benzene rings is 3. The van der Waals surface area contributed by atoms with E-state index in [-0.39, 0.29) is 5.78 Å². The third-order valence-corrected chi connectivity index (χ3v) is 3.94. The third kappa shape index (κ3) is 4.84. The van der Waals surface area contributed by atoms with Gasteiger partial charge in [-0.3, -0.25) is 4.79 Å². The number of carbonyl (C=O) groups excluding carboxylic acids is 1. The number of hydrogen-bond donors (Lipinski definition) is 0. The van der Waals surface area contributed by atoms with Gasteiger partial charge in [0.1, 0.15) is 5.71 Å². The Morgan fingerprint density at radius 3 is 1.88 bits per heavy atom. The van der Waals surface area contributed by atoms with E-state index in [4.69, 9.17) is 0 Å². The molecule has 3 rings (SSSR count). The Kier molecular flexibility index (Phi) is 6.21. The number of carbonyl (C=O) groups is 1. The van der Waals surface area contributed by atoms with Crippen LogP contribution in [0.15, 0.2) is 101 Å². The predicted octanol–water partition coefficient (Wildman–Crippen LogP) is 4.98. The van der Waals surface area contributed by atoms with Gasteiger partial charge in [-0.25, -0.2) is 0 Å². The molecule has 0 spiro atoms. The molecule has 0 aliphatic rings. The summed E-state index contributed by atoms with van der Waals surface area (Å²) in [4.78, 5) is 12.8. The summed E-state index contributed by atoms with van der Waals surface area (Å²) in [6.07, 6.45) is 3.43. The van der Waals surface area contributed by atoms with Crippen molar-refractivity contribution in [1.29, 1.82) is 0 Å². The fourth-order valence-electron chi connectivity index (χ4n) is 2.59. The molecule has 0 aliphatic carbocycles. The molecular weight excluding hydrogens is 320 g/mol. The van der Waals surface area contributed by atoms with E-state index >= 15 is 0 Å². The highest BCUT2D eigenvalue weighted by Gasteiger charge is 2.15. The van der Waals surface area contributed by atoms with Crippen LogP contribution in [0.3, 0.4) is 0 Å². The molecule has 3 aromatic carbocycles. The van der Waals surface area contributed by atoms with Crippen molar-refractivity contribution in [3.63, 3.8) is 0 Å². The van der Waals surface area contributed by atoms with Crippen LogP contribution in [-0.2, 0) is 6.42 Å². The number of ketones is 1. The Labute approximate surface area is 153 Å². The summed E-state index contributed by atoms with van der Waals surface area (Å²) < 4.78 is 0. The maximum atomic E-state index is 12.8. The molecule has 0 fully saturated rings. The zero-order chi connectivity index (χ0) is 18.0. The SMILES string of the molecule is O=C(C(=NN=CCCc1ccccc1)c1ccccc1)c1ccccc1. The minimum absolute atomic E-state index is 0.128. The van der Waals surface area contributed by atoms with E-state index in [2.05, 4.69) is 22.3 Å². The maximum absolute atomic E-state index is 12.8. The fourth-order valence-corrected chi connectivity index (χ4v) is 2.59. The standard InChI is InChI=1S/C23H20N2O/c26-23(21-16-8-3-9-17-21)22(20-14-6-2-7-15-20)25-24-18-10-13-19-11-4-1-5-12-19/h1-9,11-12,14-18H,10,13H2. The summed E-state index contributed by atoms with van der Waals surface area (Å²) in [5.74, 6) is -0.128. The van der Waals surface area contributed by atoms with E-state index in [1.807, 2.05) is 66.7 Å². The third-order valence-electron chi connectivity index (χ3n) is 3.94. The molecule has 26 heavy (non-hydrogen) atoms. The molecule has 0 atom stereocenters. The lowest BCUT2D eigenvalue weighted by Gasteiger charge is -2.04. The number of Topliss-reactive ketones (excluding diaryl/α,β-unsaturated/α-hetero) is 1. The highest BCUT2D eigenvalue weighted by atomic mass is 16.1.